The van der Waals surface area contributed by atoms with E-state index in [-0.39, 0.29) is 24.8 Å². The SMILES string of the molecule is CC1=[C]([Zr]([CH3])(=[SiH2])([C]2=CC=CC2)[CH](C)C)CC=C1.Cl.Cl. The molecule has 0 aromatic heterocycles. The van der Waals surface area contributed by atoms with Crippen LogP contribution in [0.15, 0.2) is 42.5 Å². The summed E-state index contributed by atoms with van der Waals surface area (Å²) >= 11 is -2.89. The smallest absolute Gasteiger partial charge is 0.147 e. The zero-order valence-electron chi connectivity index (χ0n) is 12.4. The van der Waals surface area contributed by atoms with Crippen LogP contribution in [0.1, 0.15) is 33.6 Å². The number of hydrogen-bond donors (Lipinski definition) is 0. The Kier molecular flexibility index (Phi) is 6.82. The van der Waals surface area contributed by atoms with E-state index in [4.69, 9.17) is 0 Å². The van der Waals surface area contributed by atoms with Gasteiger partial charge >= 0.3 is 109 Å². The molecule has 0 aromatic carbocycles. The van der Waals surface area contributed by atoms with Crippen LogP contribution >= 0.6 is 24.8 Å². The maximum Gasteiger partial charge on any atom is -0.147 e. The molecule has 0 nitrogen and oxygen atoms in total. The largest absolute Gasteiger partial charge is 0.147 e. The van der Waals surface area contributed by atoms with Crippen molar-refractivity contribution in [3.63, 3.8) is 0 Å². The van der Waals surface area contributed by atoms with Gasteiger partial charge < -0.3 is 0 Å². The molecule has 0 spiro atoms. The number of rotatable bonds is 3. The summed E-state index contributed by atoms with van der Waals surface area (Å²) < 4.78 is 7.10. The van der Waals surface area contributed by atoms with Gasteiger partial charge in [-0.3, -0.25) is 0 Å². The summed E-state index contributed by atoms with van der Waals surface area (Å²) in [6.07, 6.45) is 14.2. The van der Waals surface area contributed by atoms with E-state index in [9.17, 15) is 0 Å². The predicted molar refractivity (Wildman–Crippen MR) is 92.3 cm³/mol. The van der Waals surface area contributed by atoms with Crippen LogP contribution in [0.2, 0.25) is 8.26 Å². The van der Waals surface area contributed by atoms with Gasteiger partial charge in [-0.2, -0.15) is 0 Å². The van der Waals surface area contributed by atoms with E-state index in [1.165, 1.54) is 12.8 Å². The first-order chi connectivity index (χ1) is 7.87. The molecule has 0 bridgehead atoms. The molecule has 4 heteroatoms. The molecule has 0 saturated carbocycles. The Morgan fingerprint density at radius 2 is 1.79 bits per heavy atom. The summed E-state index contributed by atoms with van der Waals surface area (Å²) in [6, 6.07) is 0. The Labute approximate surface area is 132 Å². The first-order valence-corrected chi connectivity index (χ1v) is 18.9. The fraction of sp³-hybridized carbons (Fsp3) is 0.467. The molecule has 0 radical (unpaired) electrons. The second-order valence-electron chi connectivity index (χ2n) is 6.36. The fourth-order valence-electron chi connectivity index (χ4n) is 3.32. The monoisotopic (exact) mass is 394 g/mol. The fourth-order valence-corrected chi connectivity index (χ4v) is 19.5. The second-order valence-corrected chi connectivity index (χ2v) is 33.4. The van der Waals surface area contributed by atoms with Crippen molar-refractivity contribution in [1.29, 1.82) is 0 Å². The maximum atomic E-state index is 2.66. The van der Waals surface area contributed by atoms with E-state index in [0.29, 0.717) is 0 Å². The quantitative estimate of drug-likeness (QED) is 0.588. The Morgan fingerprint density at radius 1 is 1.16 bits per heavy atom. The molecule has 0 saturated heterocycles. The van der Waals surface area contributed by atoms with Crippen molar-refractivity contribution in [3.8, 4) is 0 Å². The topological polar surface area (TPSA) is 0 Å². The first-order valence-electron chi connectivity index (χ1n) is 6.65. The summed E-state index contributed by atoms with van der Waals surface area (Å²) in [4.78, 5) is 0. The minimum atomic E-state index is -2.89. The van der Waals surface area contributed by atoms with Crippen molar-refractivity contribution in [1.82, 2.24) is 0 Å². The van der Waals surface area contributed by atoms with E-state index in [0.717, 1.165) is 3.63 Å². The van der Waals surface area contributed by atoms with Crippen LogP contribution in [-0.4, -0.2) is 6.88 Å². The zero-order valence-corrected chi connectivity index (χ0v) is 17.9. The molecule has 19 heavy (non-hydrogen) atoms. The summed E-state index contributed by atoms with van der Waals surface area (Å²) in [5.41, 5.74) is 1.56. The van der Waals surface area contributed by atoms with Gasteiger partial charge in [0.25, 0.3) is 0 Å². The zero-order chi connectivity index (χ0) is 12.7. The average molecular weight is 397 g/mol. The van der Waals surface area contributed by atoms with Gasteiger partial charge in [0.15, 0.2) is 0 Å². The minimum absolute atomic E-state index is 0. The van der Waals surface area contributed by atoms with E-state index in [1.807, 2.05) is 3.28 Å². The van der Waals surface area contributed by atoms with Crippen molar-refractivity contribution in [3.05, 3.63) is 42.5 Å². The molecule has 0 amide bonds. The molecule has 2 aliphatic carbocycles. The number of halogens is 2. The molecular weight excluding hydrogens is 370 g/mol. The molecule has 0 N–H and O–H groups in total. The molecule has 0 aliphatic heterocycles. The van der Waals surface area contributed by atoms with Gasteiger partial charge in [0.05, 0.1) is 0 Å². The second kappa shape index (κ2) is 6.60. The average Bonchev–Trinajstić information content (AvgIpc) is 2.87. The minimum Gasteiger partial charge on any atom is -0.147 e. The van der Waals surface area contributed by atoms with Gasteiger partial charge in [0.1, 0.15) is 0 Å². The van der Waals surface area contributed by atoms with Crippen molar-refractivity contribution in [2.45, 2.75) is 41.9 Å². The molecular formula is C15H26Cl2SiZr. The third-order valence-electron chi connectivity index (χ3n) is 5.23. The number of hydrogen-bond acceptors (Lipinski definition) is 0. The van der Waals surface area contributed by atoms with E-state index < -0.39 is 17.4 Å². The van der Waals surface area contributed by atoms with Gasteiger partial charge in [-0.25, -0.2) is 0 Å². The van der Waals surface area contributed by atoms with Gasteiger partial charge in [0, 0.05) is 0 Å². The third-order valence-corrected chi connectivity index (χ3v) is 33.9. The Morgan fingerprint density at radius 3 is 2.16 bits per heavy atom. The molecule has 0 fully saturated rings. The van der Waals surface area contributed by atoms with Crippen molar-refractivity contribution >= 4 is 31.7 Å². The number of allylic oxidation sites excluding steroid dienone is 8. The Balaban J connectivity index is 0.00000162. The molecule has 108 valence electrons. The van der Waals surface area contributed by atoms with E-state index in [2.05, 4.69) is 62.7 Å². The van der Waals surface area contributed by atoms with E-state index in [1.54, 1.807) is 8.85 Å². The van der Waals surface area contributed by atoms with Crippen molar-refractivity contribution in [2.75, 3.05) is 0 Å². The van der Waals surface area contributed by atoms with Crippen LogP contribution in [0.3, 0.4) is 0 Å². The maximum absolute atomic E-state index is 2.89. The molecule has 0 atom stereocenters. The first kappa shape index (κ1) is 19.6. The van der Waals surface area contributed by atoms with Crippen LogP contribution in [0.5, 0.6) is 0 Å². The summed E-state index contributed by atoms with van der Waals surface area (Å²) in [5, 5.41) is 0. The molecule has 0 aromatic rings. The van der Waals surface area contributed by atoms with Gasteiger partial charge in [0.2, 0.25) is 0 Å². The third kappa shape index (κ3) is 2.98. The van der Waals surface area contributed by atoms with Crippen LogP contribution in [0.4, 0.5) is 0 Å². The van der Waals surface area contributed by atoms with Gasteiger partial charge in [-0.15, -0.1) is 24.8 Å². The normalized spacial score (nSPS) is 18.5. The van der Waals surface area contributed by atoms with Crippen LogP contribution < -0.4 is 0 Å². The standard InChI is InChI=1S/C6H7.C5H5.C3H7.CH3.2ClH.H2Si.Zr/c1-6-4-2-3-5-6;1-2-4-5-3-1;1-3-2;;;;;/h2,4H,3H2,1H3;1-3H,4H2;3H,1-2H3;1H3;2*1H;1H2;. The van der Waals surface area contributed by atoms with Crippen LogP contribution in [-0.2, 0) is 17.4 Å². The molecule has 2 aliphatic rings. The molecule has 2 rings (SSSR count). The van der Waals surface area contributed by atoms with Crippen molar-refractivity contribution in [2.24, 2.45) is 0 Å². The summed E-state index contributed by atoms with van der Waals surface area (Å²) in [6.45, 7) is 9.62. The van der Waals surface area contributed by atoms with Crippen molar-refractivity contribution < 1.29 is 17.4 Å². The summed E-state index contributed by atoms with van der Waals surface area (Å²) in [5.74, 6) is 0. The Bertz CT molecular complexity index is 538. The van der Waals surface area contributed by atoms with Gasteiger partial charge in [-0.1, -0.05) is 0 Å². The summed E-state index contributed by atoms with van der Waals surface area (Å²) in [7, 11) is 0. The van der Waals surface area contributed by atoms with Crippen LogP contribution in [0, 0.1) is 0 Å². The van der Waals surface area contributed by atoms with Gasteiger partial charge in [-0.05, 0) is 0 Å². The molecule has 0 heterocycles. The van der Waals surface area contributed by atoms with Crippen LogP contribution in [0.25, 0.3) is 0 Å². The van der Waals surface area contributed by atoms with E-state index >= 15 is 0 Å². The predicted octanol–water partition coefficient (Wildman–Crippen LogP) is 5.02. The Hall–Kier alpha value is 0.640. The molecule has 0 unspecified atom stereocenters.